The highest BCUT2D eigenvalue weighted by Gasteiger charge is 2.40. The molecule has 0 unspecified atom stereocenters. The monoisotopic (exact) mass is 347 g/mol. The quantitative estimate of drug-likeness (QED) is 0.593. The number of rotatable bonds is 5. The molecule has 2 fully saturated rings. The van der Waals surface area contributed by atoms with E-state index in [1.54, 1.807) is 13.8 Å². The van der Waals surface area contributed by atoms with Gasteiger partial charge in [0.25, 0.3) is 5.91 Å². The molecule has 23 heavy (non-hydrogen) atoms. The maximum absolute atomic E-state index is 12.2. The Kier molecular flexibility index (Phi) is 5.67. The van der Waals surface area contributed by atoms with Crippen molar-refractivity contribution in [3.05, 3.63) is 0 Å². The van der Waals surface area contributed by atoms with Crippen LogP contribution in [0.4, 0.5) is 0 Å². The van der Waals surface area contributed by atoms with E-state index in [0.29, 0.717) is 19.6 Å². The standard InChI is InChI=1S/C15H26N2O5S/c1-3-22-14(19)12-4-7-17(8-5-12)10-13(18)16-15(2)6-9-23(20,21)11-15/h12H,3-11H2,1-2H3,(H,16,18)/p+1/t15-/m1/s1. The van der Waals surface area contributed by atoms with Gasteiger partial charge in [0.15, 0.2) is 16.4 Å². The molecular formula is C15H27N2O5S+. The molecule has 0 aromatic heterocycles. The number of likely N-dealkylation sites (tertiary alicyclic amines) is 1. The van der Waals surface area contributed by atoms with Crippen molar-refractivity contribution < 1.29 is 27.6 Å². The van der Waals surface area contributed by atoms with Crippen LogP contribution in [0.5, 0.6) is 0 Å². The number of carbonyl (C=O) groups excluding carboxylic acids is 2. The van der Waals surface area contributed by atoms with Gasteiger partial charge in [-0.3, -0.25) is 9.59 Å². The first-order valence-corrected chi connectivity index (χ1v) is 10.1. The predicted octanol–water partition coefficient (Wildman–Crippen LogP) is -1.46. The second-order valence-corrected chi connectivity index (χ2v) is 9.09. The molecule has 1 atom stereocenters. The Balaban J connectivity index is 1.76. The van der Waals surface area contributed by atoms with Gasteiger partial charge in [-0.25, -0.2) is 8.42 Å². The number of sulfone groups is 1. The van der Waals surface area contributed by atoms with Crippen LogP contribution >= 0.6 is 0 Å². The Hall–Kier alpha value is -1.15. The molecule has 2 heterocycles. The first kappa shape index (κ1) is 18.2. The van der Waals surface area contributed by atoms with Crippen LogP contribution < -0.4 is 10.2 Å². The van der Waals surface area contributed by atoms with Crippen molar-refractivity contribution in [3.8, 4) is 0 Å². The lowest BCUT2D eigenvalue weighted by atomic mass is 9.97. The molecule has 0 aliphatic carbocycles. The SMILES string of the molecule is CCOC(=O)C1CC[NH+](CC(=O)N[C@]2(C)CCS(=O)(=O)C2)CC1. The summed E-state index contributed by atoms with van der Waals surface area (Å²) in [5, 5.41) is 2.88. The van der Waals surface area contributed by atoms with E-state index < -0.39 is 15.4 Å². The second-order valence-electron chi connectivity index (χ2n) is 6.90. The smallest absolute Gasteiger partial charge is 0.309 e. The van der Waals surface area contributed by atoms with Crippen LogP contribution in [0.2, 0.25) is 0 Å². The van der Waals surface area contributed by atoms with Gasteiger partial charge in [-0.1, -0.05) is 0 Å². The predicted molar refractivity (Wildman–Crippen MR) is 84.7 cm³/mol. The number of ether oxygens (including phenoxy) is 1. The van der Waals surface area contributed by atoms with E-state index in [9.17, 15) is 18.0 Å². The van der Waals surface area contributed by atoms with E-state index in [4.69, 9.17) is 4.74 Å². The Morgan fingerprint density at radius 2 is 1.96 bits per heavy atom. The van der Waals surface area contributed by atoms with Crippen LogP contribution in [0, 0.1) is 5.92 Å². The zero-order chi connectivity index (χ0) is 17.1. The Morgan fingerprint density at radius 1 is 1.30 bits per heavy atom. The first-order chi connectivity index (χ1) is 10.7. The molecule has 0 radical (unpaired) electrons. The molecule has 0 bridgehead atoms. The molecule has 132 valence electrons. The van der Waals surface area contributed by atoms with Crippen molar-refractivity contribution in [2.45, 2.75) is 38.6 Å². The lowest BCUT2D eigenvalue weighted by molar-refractivity contribution is -0.897. The molecule has 0 aromatic carbocycles. The lowest BCUT2D eigenvalue weighted by Crippen LogP contribution is -3.14. The first-order valence-electron chi connectivity index (χ1n) is 8.25. The summed E-state index contributed by atoms with van der Waals surface area (Å²) in [5.41, 5.74) is -0.640. The molecule has 0 spiro atoms. The topological polar surface area (TPSA) is 94.0 Å². The summed E-state index contributed by atoms with van der Waals surface area (Å²) in [5.74, 6) is -0.152. The van der Waals surface area contributed by atoms with Gasteiger partial charge in [0.1, 0.15) is 0 Å². The van der Waals surface area contributed by atoms with Gasteiger partial charge >= 0.3 is 5.97 Å². The maximum Gasteiger partial charge on any atom is 0.309 e. The second kappa shape index (κ2) is 7.17. The molecule has 0 saturated carbocycles. The summed E-state index contributed by atoms with van der Waals surface area (Å²) in [6.45, 7) is 5.82. The molecule has 2 saturated heterocycles. The third-order valence-corrected chi connectivity index (χ3v) is 6.57. The number of nitrogens with one attached hydrogen (secondary N) is 2. The average molecular weight is 347 g/mol. The Labute approximate surface area is 137 Å². The number of piperidine rings is 1. The number of quaternary nitrogens is 1. The number of hydrogen-bond donors (Lipinski definition) is 2. The number of hydrogen-bond acceptors (Lipinski definition) is 5. The molecule has 0 aromatic rings. The van der Waals surface area contributed by atoms with Gasteiger partial charge in [0.05, 0.1) is 42.7 Å². The minimum Gasteiger partial charge on any atom is -0.466 e. The molecule has 2 aliphatic rings. The fourth-order valence-electron chi connectivity index (χ4n) is 3.42. The largest absolute Gasteiger partial charge is 0.466 e. The minimum absolute atomic E-state index is 0.0198. The molecule has 8 heteroatoms. The van der Waals surface area contributed by atoms with Gasteiger partial charge in [-0.15, -0.1) is 0 Å². The van der Waals surface area contributed by atoms with E-state index in [1.807, 2.05) is 0 Å². The third kappa shape index (κ3) is 5.17. The highest BCUT2D eigenvalue weighted by molar-refractivity contribution is 7.91. The van der Waals surface area contributed by atoms with E-state index in [-0.39, 0.29) is 29.3 Å². The van der Waals surface area contributed by atoms with Crippen LogP contribution in [-0.4, -0.2) is 63.6 Å². The van der Waals surface area contributed by atoms with E-state index in [0.717, 1.165) is 30.8 Å². The fourth-order valence-corrected chi connectivity index (χ4v) is 5.51. The highest BCUT2D eigenvalue weighted by Crippen LogP contribution is 2.22. The fraction of sp³-hybridized carbons (Fsp3) is 0.867. The molecule has 2 rings (SSSR count). The maximum atomic E-state index is 12.2. The third-order valence-electron chi connectivity index (χ3n) is 4.67. The summed E-state index contributed by atoms with van der Waals surface area (Å²) in [7, 11) is -3.03. The van der Waals surface area contributed by atoms with Crippen LogP contribution in [0.15, 0.2) is 0 Å². The summed E-state index contributed by atoms with van der Waals surface area (Å²) < 4.78 is 28.2. The zero-order valence-electron chi connectivity index (χ0n) is 13.9. The summed E-state index contributed by atoms with van der Waals surface area (Å²) in [6, 6.07) is 0. The van der Waals surface area contributed by atoms with Crippen LogP contribution in [0.1, 0.15) is 33.1 Å². The van der Waals surface area contributed by atoms with Crippen molar-refractivity contribution >= 4 is 21.7 Å². The summed E-state index contributed by atoms with van der Waals surface area (Å²) in [4.78, 5) is 25.0. The van der Waals surface area contributed by atoms with Crippen LogP contribution in [-0.2, 0) is 24.2 Å². The van der Waals surface area contributed by atoms with E-state index in [1.165, 1.54) is 0 Å². The molecular weight excluding hydrogens is 320 g/mol. The summed E-state index contributed by atoms with van der Waals surface area (Å²) >= 11 is 0. The van der Waals surface area contributed by atoms with Gasteiger partial charge in [0.2, 0.25) is 0 Å². The number of carbonyl (C=O) groups is 2. The number of esters is 1. The van der Waals surface area contributed by atoms with Crippen molar-refractivity contribution in [2.75, 3.05) is 37.7 Å². The van der Waals surface area contributed by atoms with Gasteiger partial charge in [-0.05, 0) is 20.3 Å². The van der Waals surface area contributed by atoms with E-state index >= 15 is 0 Å². The lowest BCUT2D eigenvalue weighted by Gasteiger charge is -2.29. The molecule has 1 amide bonds. The molecule has 2 aliphatic heterocycles. The molecule has 7 nitrogen and oxygen atoms in total. The van der Waals surface area contributed by atoms with Crippen molar-refractivity contribution in [1.82, 2.24) is 5.32 Å². The normalized spacial score (nSPS) is 33.1. The highest BCUT2D eigenvalue weighted by atomic mass is 32.2. The summed E-state index contributed by atoms with van der Waals surface area (Å²) in [6.07, 6.45) is 1.93. The van der Waals surface area contributed by atoms with Crippen LogP contribution in [0.25, 0.3) is 0 Å². The minimum atomic E-state index is -3.03. The van der Waals surface area contributed by atoms with Crippen molar-refractivity contribution in [3.63, 3.8) is 0 Å². The van der Waals surface area contributed by atoms with Gasteiger partial charge in [0, 0.05) is 12.8 Å². The Morgan fingerprint density at radius 3 is 2.48 bits per heavy atom. The molecule has 2 N–H and O–H groups in total. The van der Waals surface area contributed by atoms with Crippen molar-refractivity contribution in [2.24, 2.45) is 5.92 Å². The number of amides is 1. The van der Waals surface area contributed by atoms with Crippen LogP contribution in [0.3, 0.4) is 0 Å². The van der Waals surface area contributed by atoms with E-state index in [2.05, 4.69) is 5.32 Å². The van der Waals surface area contributed by atoms with Crippen molar-refractivity contribution in [1.29, 1.82) is 0 Å². The zero-order valence-corrected chi connectivity index (χ0v) is 14.7. The van der Waals surface area contributed by atoms with Gasteiger partial charge < -0.3 is 15.0 Å². The van der Waals surface area contributed by atoms with Gasteiger partial charge in [-0.2, -0.15) is 0 Å². The average Bonchev–Trinajstić information content (AvgIpc) is 2.73. The Bertz CT molecular complexity index is 554.